The van der Waals surface area contributed by atoms with Crippen molar-refractivity contribution in [1.29, 1.82) is 0 Å². The van der Waals surface area contributed by atoms with Crippen LogP contribution in [0, 0.1) is 11.8 Å². The number of likely N-dealkylation sites (tertiary alicyclic amines) is 1. The van der Waals surface area contributed by atoms with E-state index in [0.29, 0.717) is 32.1 Å². The summed E-state index contributed by atoms with van der Waals surface area (Å²) in [5, 5.41) is 24.0. The molecule has 1 saturated heterocycles. The van der Waals surface area contributed by atoms with Crippen LogP contribution in [0.25, 0.3) is 10.8 Å². The third kappa shape index (κ3) is 8.82. The van der Waals surface area contributed by atoms with Crippen LogP contribution in [0.1, 0.15) is 65.9 Å². The quantitative estimate of drug-likeness (QED) is 0.299. The number of fused-ring (bicyclic) bond motifs is 1. The summed E-state index contributed by atoms with van der Waals surface area (Å²) < 4.78 is 11.1. The van der Waals surface area contributed by atoms with E-state index in [9.17, 15) is 15.0 Å². The molecule has 218 valence electrons. The summed E-state index contributed by atoms with van der Waals surface area (Å²) in [4.78, 5) is 16.4. The molecule has 0 bridgehead atoms. The van der Waals surface area contributed by atoms with Crippen LogP contribution in [-0.2, 0) is 11.2 Å². The number of aliphatic hydroxyl groups excluding tert-OH is 1. The highest BCUT2D eigenvalue weighted by atomic mass is 16.5. The van der Waals surface area contributed by atoms with Gasteiger partial charge in [-0.25, -0.2) is 4.79 Å². The summed E-state index contributed by atoms with van der Waals surface area (Å²) in [7, 11) is 1.67. The van der Waals surface area contributed by atoms with Gasteiger partial charge < -0.3 is 24.6 Å². The van der Waals surface area contributed by atoms with Crippen LogP contribution in [0.3, 0.4) is 0 Å². The molecule has 1 amide bonds. The van der Waals surface area contributed by atoms with E-state index in [4.69, 9.17) is 9.47 Å². The number of rotatable bonds is 13. The molecule has 39 heavy (non-hydrogen) atoms. The number of amides is 1. The minimum absolute atomic E-state index is 0.189. The standard InChI is InChI=1S/C32H50N2O5/c1-23(2)26(19-24-13-14-25-11-10-12-30(27(25)20-24)39-18-17-38-6)21-28(34(31(36)37)32(3,4)5)29(35)22-33-15-8-7-9-16-33/h10-14,20,23,26,28-29,35H,7-9,15-19,21-22H2,1-6H3,(H,36,37). The predicted octanol–water partition coefficient (Wildman–Crippen LogP) is 6.06. The van der Waals surface area contributed by atoms with Gasteiger partial charge in [-0.1, -0.05) is 44.5 Å². The van der Waals surface area contributed by atoms with Crippen LogP contribution in [-0.4, -0.2) is 83.7 Å². The van der Waals surface area contributed by atoms with E-state index in [1.165, 1.54) is 16.9 Å². The Kier molecular flexibility index (Phi) is 11.5. The Morgan fingerprint density at radius 2 is 1.79 bits per heavy atom. The molecule has 0 radical (unpaired) electrons. The largest absolute Gasteiger partial charge is 0.491 e. The number of aliphatic hydroxyl groups is 1. The lowest BCUT2D eigenvalue weighted by atomic mass is 9.81. The number of hydrogen-bond donors (Lipinski definition) is 2. The van der Waals surface area contributed by atoms with Gasteiger partial charge in [-0.15, -0.1) is 0 Å². The van der Waals surface area contributed by atoms with Gasteiger partial charge in [0.15, 0.2) is 0 Å². The lowest BCUT2D eigenvalue weighted by Gasteiger charge is -2.44. The molecule has 1 heterocycles. The number of piperidine rings is 1. The zero-order valence-electron chi connectivity index (χ0n) is 24.9. The van der Waals surface area contributed by atoms with E-state index < -0.39 is 23.8 Å². The maximum absolute atomic E-state index is 12.6. The number of methoxy groups -OCH3 is 1. The molecule has 7 heteroatoms. The van der Waals surface area contributed by atoms with E-state index in [1.807, 2.05) is 32.9 Å². The van der Waals surface area contributed by atoms with Crippen molar-refractivity contribution in [3.63, 3.8) is 0 Å². The molecule has 2 aromatic carbocycles. The van der Waals surface area contributed by atoms with Gasteiger partial charge in [0.1, 0.15) is 12.4 Å². The van der Waals surface area contributed by atoms with E-state index in [1.54, 1.807) is 7.11 Å². The topological polar surface area (TPSA) is 82.5 Å². The lowest BCUT2D eigenvalue weighted by Crippen LogP contribution is -2.58. The number of nitrogens with zero attached hydrogens (tertiary/aromatic N) is 2. The molecular formula is C32H50N2O5. The Bertz CT molecular complexity index is 1040. The predicted molar refractivity (Wildman–Crippen MR) is 158 cm³/mol. The Hall–Kier alpha value is -2.35. The minimum atomic E-state index is -0.976. The lowest BCUT2D eigenvalue weighted by molar-refractivity contribution is -0.0205. The van der Waals surface area contributed by atoms with Gasteiger partial charge in [0.25, 0.3) is 0 Å². The molecule has 1 fully saturated rings. The number of hydrogen-bond acceptors (Lipinski definition) is 5. The molecule has 1 aliphatic rings. The molecule has 7 nitrogen and oxygen atoms in total. The van der Waals surface area contributed by atoms with Crippen molar-refractivity contribution in [3.05, 3.63) is 42.0 Å². The number of benzene rings is 2. The van der Waals surface area contributed by atoms with Crippen molar-refractivity contribution < 1.29 is 24.5 Å². The summed E-state index contributed by atoms with van der Waals surface area (Å²) in [6.45, 7) is 13.6. The van der Waals surface area contributed by atoms with Gasteiger partial charge >= 0.3 is 6.09 Å². The molecule has 1 aliphatic heterocycles. The second kappa shape index (κ2) is 14.3. The normalized spacial score (nSPS) is 17.2. The van der Waals surface area contributed by atoms with Crippen molar-refractivity contribution >= 4 is 16.9 Å². The van der Waals surface area contributed by atoms with Crippen LogP contribution in [0.2, 0.25) is 0 Å². The third-order valence-corrected chi connectivity index (χ3v) is 8.04. The summed E-state index contributed by atoms with van der Waals surface area (Å²) in [5.41, 5.74) is 0.559. The van der Waals surface area contributed by atoms with Crippen molar-refractivity contribution in [2.75, 3.05) is 40.0 Å². The Balaban J connectivity index is 1.88. The molecule has 0 aliphatic carbocycles. The van der Waals surface area contributed by atoms with E-state index in [2.05, 4.69) is 43.0 Å². The first-order valence-electron chi connectivity index (χ1n) is 14.6. The number of ether oxygens (including phenoxy) is 2. The Labute approximate surface area is 235 Å². The highest BCUT2D eigenvalue weighted by molar-refractivity contribution is 5.88. The first-order valence-corrected chi connectivity index (χ1v) is 14.6. The van der Waals surface area contributed by atoms with Crippen LogP contribution in [0.5, 0.6) is 5.75 Å². The van der Waals surface area contributed by atoms with Gasteiger partial charge in [-0.2, -0.15) is 0 Å². The van der Waals surface area contributed by atoms with Crippen molar-refractivity contribution in [3.8, 4) is 5.75 Å². The highest BCUT2D eigenvalue weighted by Crippen LogP contribution is 2.32. The SMILES string of the molecule is COCCOc1cccc2ccc(CC(CC(C(O)CN3CCCCC3)N(C(=O)O)C(C)(C)C)C(C)C)cc12. The number of carboxylic acid groups (broad SMARTS) is 1. The molecule has 0 saturated carbocycles. The summed E-state index contributed by atoms with van der Waals surface area (Å²) in [5.74, 6) is 1.34. The van der Waals surface area contributed by atoms with Crippen molar-refractivity contribution in [2.45, 2.75) is 84.4 Å². The maximum atomic E-state index is 12.6. The highest BCUT2D eigenvalue weighted by Gasteiger charge is 2.39. The van der Waals surface area contributed by atoms with Crippen LogP contribution < -0.4 is 4.74 Å². The number of β-amino-alcohol motifs (C(OH)–C–C–N with tert-alkyl or cyclic N) is 1. The van der Waals surface area contributed by atoms with Gasteiger partial charge in [0.05, 0.1) is 18.8 Å². The van der Waals surface area contributed by atoms with Crippen LogP contribution in [0.15, 0.2) is 36.4 Å². The second-order valence-corrected chi connectivity index (χ2v) is 12.4. The first-order chi connectivity index (χ1) is 18.5. The fourth-order valence-electron chi connectivity index (χ4n) is 5.87. The van der Waals surface area contributed by atoms with Crippen molar-refractivity contribution in [2.24, 2.45) is 11.8 Å². The molecule has 3 atom stereocenters. The fourth-order valence-corrected chi connectivity index (χ4v) is 5.87. The number of carbonyl (C=O) groups is 1. The molecule has 3 rings (SSSR count). The molecule has 0 spiro atoms. The van der Waals surface area contributed by atoms with Crippen LogP contribution >= 0.6 is 0 Å². The Morgan fingerprint density at radius 1 is 1.08 bits per heavy atom. The monoisotopic (exact) mass is 542 g/mol. The fraction of sp³-hybridized carbons (Fsp3) is 0.656. The average Bonchev–Trinajstić information content (AvgIpc) is 2.87. The maximum Gasteiger partial charge on any atom is 0.408 e. The minimum Gasteiger partial charge on any atom is -0.491 e. The van der Waals surface area contributed by atoms with E-state index in [0.717, 1.165) is 48.9 Å². The zero-order chi connectivity index (χ0) is 28.6. The average molecular weight is 543 g/mol. The zero-order valence-corrected chi connectivity index (χ0v) is 24.9. The van der Waals surface area contributed by atoms with E-state index in [-0.39, 0.29) is 5.92 Å². The third-order valence-electron chi connectivity index (χ3n) is 8.04. The Morgan fingerprint density at radius 3 is 2.41 bits per heavy atom. The molecule has 2 aromatic rings. The summed E-state index contributed by atoms with van der Waals surface area (Å²) in [6, 6.07) is 12.1. The summed E-state index contributed by atoms with van der Waals surface area (Å²) in [6.07, 6.45) is 3.15. The van der Waals surface area contributed by atoms with Gasteiger partial charge in [-0.3, -0.25) is 4.90 Å². The molecule has 3 unspecified atom stereocenters. The first kappa shape index (κ1) is 31.2. The molecular weight excluding hydrogens is 492 g/mol. The second-order valence-electron chi connectivity index (χ2n) is 12.4. The smallest absolute Gasteiger partial charge is 0.408 e. The van der Waals surface area contributed by atoms with Gasteiger partial charge in [-0.05, 0) is 94.5 Å². The van der Waals surface area contributed by atoms with Gasteiger partial charge in [0.2, 0.25) is 0 Å². The van der Waals surface area contributed by atoms with E-state index >= 15 is 0 Å². The van der Waals surface area contributed by atoms with Crippen molar-refractivity contribution in [1.82, 2.24) is 9.80 Å². The molecule has 2 N–H and O–H groups in total. The van der Waals surface area contributed by atoms with Crippen LogP contribution in [0.4, 0.5) is 4.79 Å². The summed E-state index contributed by atoms with van der Waals surface area (Å²) >= 11 is 0. The van der Waals surface area contributed by atoms with Gasteiger partial charge in [0, 0.05) is 24.6 Å². The molecule has 0 aromatic heterocycles.